The van der Waals surface area contributed by atoms with Crippen molar-refractivity contribution in [2.45, 2.75) is 63.2 Å². The van der Waals surface area contributed by atoms with Crippen LogP contribution >= 0.6 is 0 Å². The molecule has 1 amide bonds. The monoisotopic (exact) mass is 337 g/mol. The molecule has 0 bridgehead atoms. The average Bonchev–Trinajstić information content (AvgIpc) is 2.50. The van der Waals surface area contributed by atoms with Gasteiger partial charge in [-0.1, -0.05) is 49.5 Å². The van der Waals surface area contributed by atoms with E-state index in [1.807, 2.05) is 13.0 Å². The van der Waals surface area contributed by atoms with E-state index in [4.69, 9.17) is 0 Å². The van der Waals surface area contributed by atoms with Crippen LogP contribution in [0.1, 0.15) is 56.9 Å². The Kier molecular flexibility index (Phi) is 8.62. The zero-order valence-electron chi connectivity index (χ0n) is 13.9. The van der Waals surface area contributed by atoms with E-state index in [9.17, 15) is 13.2 Å². The second-order valence-corrected chi connectivity index (χ2v) is 7.47. The molecule has 5 heteroatoms. The molecule has 0 aliphatic carbocycles. The lowest BCUT2D eigenvalue weighted by Gasteiger charge is -2.07. The fourth-order valence-electron chi connectivity index (χ4n) is 2.26. The summed E-state index contributed by atoms with van der Waals surface area (Å²) < 4.78 is 26.2. The first-order valence-corrected chi connectivity index (χ1v) is 9.67. The van der Waals surface area contributed by atoms with Crippen molar-refractivity contribution in [1.82, 2.24) is 4.72 Å². The summed E-state index contributed by atoms with van der Waals surface area (Å²) in [6.07, 6.45) is 9.48. The molecule has 0 radical (unpaired) electrons. The quantitative estimate of drug-likeness (QED) is 0.488. The molecule has 1 aromatic rings. The Balaban J connectivity index is 2.25. The van der Waals surface area contributed by atoms with Crippen molar-refractivity contribution in [3.63, 3.8) is 0 Å². The van der Waals surface area contributed by atoms with E-state index in [0.29, 0.717) is 0 Å². The number of carbonyl (C=O) groups excluding carboxylic acids is 1. The Morgan fingerprint density at radius 3 is 2.22 bits per heavy atom. The van der Waals surface area contributed by atoms with E-state index in [1.54, 1.807) is 12.1 Å². The number of nitrogens with one attached hydrogen (secondary N) is 1. The molecule has 128 valence electrons. The highest BCUT2D eigenvalue weighted by molar-refractivity contribution is 7.90. The second-order valence-electron chi connectivity index (χ2n) is 5.79. The molecule has 1 N–H and O–H groups in total. The molecule has 0 saturated carbocycles. The summed E-state index contributed by atoms with van der Waals surface area (Å²) in [6, 6.07) is 6.44. The predicted octanol–water partition coefficient (Wildman–Crippen LogP) is 4.11. The van der Waals surface area contributed by atoms with Gasteiger partial charge in [-0.2, -0.15) is 0 Å². The first kappa shape index (κ1) is 19.4. The van der Waals surface area contributed by atoms with E-state index in [0.717, 1.165) is 37.7 Å². The predicted molar refractivity (Wildman–Crippen MR) is 93.6 cm³/mol. The van der Waals surface area contributed by atoms with Crippen LogP contribution in [-0.4, -0.2) is 14.3 Å². The largest absolute Gasteiger partial charge is 0.274 e. The lowest BCUT2D eigenvalue weighted by Crippen LogP contribution is -2.30. The number of rotatable bonds is 11. The molecule has 1 aromatic carbocycles. The van der Waals surface area contributed by atoms with Gasteiger partial charge < -0.3 is 0 Å². The van der Waals surface area contributed by atoms with Crippen molar-refractivity contribution in [3.8, 4) is 0 Å². The Morgan fingerprint density at radius 1 is 1.04 bits per heavy atom. The first-order chi connectivity index (χ1) is 11.0. The van der Waals surface area contributed by atoms with Crippen LogP contribution in [0.4, 0.5) is 0 Å². The molecule has 0 unspecified atom stereocenters. The molecule has 0 heterocycles. The number of hydrogen-bond acceptors (Lipinski definition) is 3. The molecule has 0 aromatic heterocycles. The molecule has 0 saturated heterocycles. The van der Waals surface area contributed by atoms with Gasteiger partial charge in [0.2, 0.25) is 5.91 Å². The number of allylic oxidation sites excluding steroid dienone is 1. The zero-order valence-corrected chi connectivity index (χ0v) is 14.7. The first-order valence-electron chi connectivity index (χ1n) is 8.19. The van der Waals surface area contributed by atoms with Crippen LogP contribution in [-0.2, 0) is 14.8 Å². The lowest BCUT2D eigenvalue weighted by atomic mass is 10.1. The van der Waals surface area contributed by atoms with E-state index < -0.39 is 15.9 Å². The number of hydrogen-bond donors (Lipinski definition) is 1. The van der Waals surface area contributed by atoms with Crippen molar-refractivity contribution >= 4 is 15.9 Å². The number of aryl methyl sites for hydroxylation is 1. The van der Waals surface area contributed by atoms with Crippen LogP contribution in [0, 0.1) is 6.92 Å². The van der Waals surface area contributed by atoms with Gasteiger partial charge in [-0.3, -0.25) is 4.79 Å². The maximum atomic E-state index is 12.0. The SMILES string of the molecule is C=CCCCCCCCCC(=O)NS(=O)(=O)c1ccc(C)cc1. The third-order valence-corrected chi connectivity index (χ3v) is 5.03. The number of unbranched alkanes of at least 4 members (excludes halogenated alkanes) is 6. The van der Waals surface area contributed by atoms with E-state index in [-0.39, 0.29) is 11.3 Å². The van der Waals surface area contributed by atoms with Crippen molar-refractivity contribution in [2.75, 3.05) is 0 Å². The smallest absolute Gasteiger partial charge is 0.264 e. The van der Waals surface area contributed by atoms with Gasteiger partial charge in [-0.15, -0.1) is 6.58 Å². The number of sulfonamides is 1. The summed E-state index contributed by atoms with van der Waals surface area (Å²) >= 11 is 0. The lowest BCUT2D eigenvalue weighted by molar-refractivity contribution is -0.119. The highest BCUT2D eigenvalue weighted by Crippen LogP contribution is 2.11. The average molecular weight is 337 g/mol. The highest BCUT2D eigenvalue weighted by Gasteiger charge is 2.16. The van der Waals surface area contributed by atoms with Crippen molar-refractivity contribution in [3.05, 3.63) is 42.5 Å². The van der Waals surface area contributed by atoms with Gasteiger partial charge >= 0.3 is 0 Å². The van der Waals surface area contributed by atoms with Crippen LogP contribution in [0.2, 0.25) is 0 Å². The van der Waals surface area contributed by atoms with Gasteiger partial charge in [-0.25, -0.2) is 13.1 Å². The van der Waals surface area contributed by atoms with Crippen molar-refractivity contribution in [1.29, 1.82) is 0 Å². The molecular weight excluding hydrogens is 310 g/mol. The van der Waals surface area contributed by atoms with Crippen LogP contribution < -0.4 is 4.72 Å². The van der Waals surface area contributed by atoms with E-state index in [2.05, 4.69) is 11.3 Å². The van der Waals surface area contributed by atoms with Crippen LogP contribution in [0.3, 0.4) is 0 Å². The molecule has 4 nitrogen and oxygen atoms in total. The maximum absolute atomic E-state index is 12.0. The summed E-state index contributed by atoms with van der Waals surface area (Å²) in [7, 11) is -3.74. The number of amides is 1. The minimum absolute atomic E-state index is 0.124. The topological polar surface area (TPSA) is 63.2 Å². The summed E-state index contributed by atoms with van der Waals surface area (Å²) in [5.41, 5.74) is 0.975. The maximum Gasteiger partial charge on any atom is 0.264 e. The fourth-order valence-corrected chi connectivity index (χ4v) is 3.27. The van der Waals surface area contributed by atoms with Crippen LogP contribution in [0.5, 0.6) is 0 Å². The second kappa shape index (κ2) is 10.2. The molecule has 0 atom stereocenters. The standard InChI is InChI=1S/C18H27NO3S/c1-3-4-5-6-7-8-9-10-11-18(20)19-23(21,22)17-14-12-16(2)13-15-17/h3,12-15H,1,4-11H2,2H3,(H,19,20). The van der Waals surface area contributed by atoms with E-state index >= 15 is 0 Å². The van der Waals surface area contributed by atoms with Crippen LogP contribution in [0.25, 0.3) is 0 Å². The Hall–Kier alpha value is -1.62. The summed E-state index contributed by atoms with van der Waals surface area (Å²) in [5, 5.41) is 0. The zero-order chi connectivity index (χ0) is 17.1. The third kappa shape index (κ3) is 7.98. The molecule has 0 aliphatic rings. The number of carbonyl (C=O) groups is 1. The minimum atomic E-state index is -3.74. The molecule has 1 rings (SSSR count). The van der Waals surface area contributed by atoms with Gasteiger partial charge in [0.1, 0.15) is 0 Å². The van der Waals surface area contributed by atoms with Gasteiger partial charge in [0.05, 0.1) is 4.90 Å². The Bertz CT molecular complexity index is 591. The summed E-state index contributed by atoms with van der Waals surface area (Å²) in [6.45, 7) is 5.57. The number of benzene rings is 1. The van der Waals surface area contributed by atoms with E-state index in [1.165, 1.54) is 25.0 Å². The molecular formula is C18H27NO3S. The van der Waals surface area contributed by atoms with Gasteiger partial charge in [0.15, 0.2) is 0 Å². The van der Waals surface area contributed by atoms with Gasteiger partial charge in [-0.05, 0) is 38.3 Å². The Morgan fingerprint density at radius 2 is 1.61 bits per heavy atom. The highest BCUT2D eigenvalue weighted by atomic mass is 32.2. The molecule has 0 spiro atoms. The van der Waals surface area contributed by atoms with Gasteiger partial charge in [0, 0.05) is 6.42 Å². The van der Waals surface area contributed by atoms with Crippen molar-refractivity contribution in [2.24, 2.45) is 0 Å². The molecule has 0 fully saturated rings. The van der Waals surface area contributed by atoms with Gasteiger partial charge in [0.25, 0.3) is 10.0 Å². The van der Waals surface area contributed by atoms with Crippen molar-refractivity contribution < 1.29 is 13.2 Å². The normalized spacial score (nSPS) is 11.2. The summed E-state index contributed by atoms with van der Waals surface area (Å²) in [5.74, 6) is -0.433. The minimum Gasteiger partial charge on any atom is -0.274 e. The third-order valence-electron chi connectivity index (χ3n) is 3.64. The summed E-state index contributed by atoms with van der Waals surface area (Å²) in [4.78, 5) is 11.9. The Labute approximate surface area is 140 Å². The molecule has 23 heavy (non-hydrogen) atoms. The molecule has 0 aliphatic heterocycles. The fraction of sp³-hybridized carbons (Fsp3) is 0.500. The van der Waals surface area contributed by atoms with Crippen LogP contribution in [0.15, 0.2) is 41.8 Å².